The highest BCUT2D eigenvalue weighted by Gasteiger charge is 2.41. The number of aromatic nitrogens is 4. The highest BCUT2D eigenvalue weighted by atomic mass is 32.1. The van der Waals surface area contributed by atoms with Gasteiger partial charge >= 0.3 is 0 Å². The Labute approximate surface area is 199 Å². The Bertz CT molecular complexity index is 1270. The number of nitrogens with one attached hydrogen (secondary N) is 1. The first kappa shape index (κ1) is 21.3. The van der Waals surface area contributed by atoms with E-state index in [9.17, 15) is 0 Å². The molecule has 5 heterocycles. The molecular formula is C26H26N6S. The molecule has 0 saturated carbocycles. The molecule has 0 bridgehead atoms. The van der Waals surface area contributed by atoms with Crippen molar-refractivity contribution in [1.29, 1.82) is 0 Å². The number of aryl methyl sites for hydroxylation is 2. The highest BCUT2D eigenvalue weighted by molar-refractivity contribution is 7.80. The second-order valence-corrected chi connectivity index (χ2v) is 8.82. The molecule has 1 N–H and O–H groups in total. The summed E-state index contributed by atoms with van der Waals surface area (Å²) >= 11 is 5.82. The molecule has 1 aliphatic heterocycles. The predicted molar refractivity (Wildman–Crippen MR) is 133 cm³/mol. The number of thiocarbonyl (C=S) groups is 1. The zero-order chi connectivity index (χ0) is 22.9. The van der Waals surface area contributed by atoms with Gasteiger partial charge in [0.25, 0.3) is 0 Å². The molecular weight excluding hydrogens is 428 g/mol. The summed E-state index contributed by atoms with van der Waals surface area (Å²) in [6, 6.07) is 18.3. The van der Waals surface area contributed by atoms with Crippen molar-refractivity contribution in [3.8, 4) is 5.82 Å². The predicted octanol–water partition coefficient (Wildman–Crippen LogP) is 4.76. The number of nitrogens with zero attached hydrogens (tertiary/aromatic N) is 5. The Morgan fingerprint density at radius 2 is 1.73 bits per heavy atom. The fourth-order valence-corrected chi connectivity index (χ4v) is 4.92. The maximum Gasteiger partial charge on any atom is 0.170 e. The van der Waals surface area contributed by atoms with E-state index in [0.717, 1.165) is 34.2 Å². The molecule has 5 rings (SSSR count). The van der Waals surface area contributed by atoms with E-state index >= 15 is 0 Å². The standard InChI is InChI=1S/C26H26N6S/c1-17-10-11-23(29-15-17)32-18(2)14-21(19(32)3)25-24(22-9-5-7-13-28-22)30-26(33)31(25)16-20-8-4-6-12-27-20/h4-15,24-25H,16H2,1-3H3,(H,30,33)/t24-,25+/m1/s1. The first-order chi connectivity index (χ1) is 16.0. The Hall–Kier alpha value is -3.58. The fraction of sp³-hybridized carbons (Fsp3) is 0.231. The molecule has 0 amide bonds. The van der Waals surface area contributed by atoms with Crippen LogP contribution in [0.15, 0.2) is 73.2 Å². The van der Waals surface area contributed by atoms with E-state index < -0.39 is 0 Å². The van der Waals surface area contributed by atoms with Gasteiger partial charge in [0, 0.05) is 30.0 Å². The first-order valence-corrected chi connectivity index (χ1v) is 11.4. The Morgan fingerprint density at radius 3 is 2.39 bits per heavy atom. The lowest BCUT2D eigenvalue weighted by atomic mass is 9.96. The lowest BCUT2D eigenvalue weighted by molar-refractivity contribution is 0.307. The molecule has 1 aliphatic rings. The van der Waals surface area contributed by atoms with Gasteiger partial charge in [-0.05, 0) is 80.5 Å². The SMILES string of the molecule is Cc1ccc(-n2c(C)cc([C@H]3[C@@H](c4ccccn4)NC(=S)N3Cc3ccccn3)c2C)nc1. The largest absolute Gasteiger partial charge is 0.352 e. The lowest BCUT2D eigenvalue weighted by Gasteiger charge is -2.28. The maximum atomic E-state index is 5.82. The second-order valence-electron chi connectivity index (χ2n) is 8.43. The summed E-state index contributed by atoms with van der Waals surface area (Å²) in [5, 5.41) is 4.24. The summed E-state index contributed by atoms with van der Waals surface area (Å²) in [4.78, 5) is 16.1. The third-order valence-electron chi connectivity index (χ3n) is 6.17. The van der Waals surface area contributed by atoms with Crippen LogP contribution in [0.2, 0.25) is 0 Å². The van der Waals surface area contributed by atoms with E-state index in [-0.39, 0.29) is 12.1 Å². The Morgan fingerprint density at radius 1 is 0.939 bits per heavy atom. The van der Waals surface area contributed by atoms with Crippen LogP contribution in [0.1, 0.15) is 46.0 Å². The molecule has 4 aromatic rings. The highest BCUT2D eigenvalue weighted by Crippen LogP contribution is 2.41. The Balaban J connectivity index is 1.61. The third-order valence-corrected chi connectivity index (χ3v) is 6.52. The molecule has 166 valence electrons. The average Bonchev–Trinajstić information content (AvgIpc) is 3.31. The minimum Gasteiger partial charge on any atom is -0.352 e. The van der Waals surface area contributed by atoms with Gasteiger partial charge in [0.2, 0.25) is 0 Å². The van der Waals surface area contributed by atoms with Crippen LogP contribution in [-0.4, -0.2) is 29.5 Å². The van der Waals surface area contributed by atoms with Crippen LogP contribution in [-0.2, 0) is 6.54 Å². The molecule has 0 aliphatic carbocycles. The van der Waals surface area contributed by atoms with Gasteiger partial charge < -0.3 is 14.8 Å². The molecule has 6 nitrogen and oxygen atoms in total. The lowest BCUT2D eigenvalue weighted by Crippen LogP contribution is -2.29. The Kier molecular flexibility index (Phi) is 5.64. The average molecular weight is 455 g/mol. The molecule has 0 unspecified atom stereocenters. The number of hydrogen-bond acceptors (Lipinski definition) is 4. The quantitative estimate of drug-likeness (QED) is 0.439. The van der Waals surface area contributed by atoms with Gasteiger partial charge in [-0.1, -0.05) is 18.2 Å². The second kappa shape index (κ2) is 8.75. The molecule has 33 heavy (non-hydrogen) atoms. The smallest absolute Gasteiger partial charge is 0.170 e. The van der Waals surface area contributed by atoms with Gasteiger partial charge in [0.15, 0.2) is 5.11 Å². The van der Waals surface area contributed by atoms with Crippen LogP contribution in [0.4, 0.5) is 0 Å². The normalized spacial score (nSPS) is 17.9. The monoisotopic (exact) mass is 454 g/mol. The van der Waals surface area contributed by atoms with E-state index in [1.54, 1.807) is 0 Å². The van der Waals surface area contributed by atoms with Crippen LogP contribution >= 0.6 is 12.2 Å². The van der Waals surface area contributed by atoms with Gasteiger partial charge in [-0.2, -0.15) is 0 Å². The van der Waals surface area contributed by atoms with Crippen molar-refractivity contribution in [3.63, 3.8) is 0 Å². The summed E-state index contributed by atoms with van der Waals surface area (Å²) < 4.78 is 2.21. The molecule has 7 heteroatoms. The number of hydrogen-bond donors (Lipinski definition) is 1. The van der Waals surface area contributed by atoms with Crippen LogP contribution in [0, 0.1) is 20.8 Å². The summed E-state index contributed by atoms with van der Waals surface area (Å²) in [5.74, 6) is 0.918. The summed E-state index contributed by atoms with van der Waals surface area (Å²) in [6.07, 6.45) is 5.56. The van der Waals surface area contributed by atoms with Crippen molar-refractivity contribution in [2.45, 2.75) is 39.4 Å². The van der Waals surface area contributed by atoms with Crippen LogP contribution in [0.5, 0.6) is 0 Å². The molecule has 1 saturated heterocycles. The van der Waals surface area contributed by atoms with Crippen molar-refractivity contribution >= 4 is 17.3 Å². The van der Waals surface area contributed by atoms with E-state index in [2.05, 4.69) is 74.8 Å². The number of rotatable bonds is 5. The minimum atomic E-state index is -0.0673. The molecule has 0 radical (unpaired) electrons. The van der Waals surface area contributed by atoms with Crippen molar-refractivity contribution in [3.05, 3.63) is 107 Å². The van der Waals surface area contributed by atoms with Crippen molar-refractivity contribution in [1.82, 2.24) is 29.7 Å². The van der Waals surface area contributed by atoms with Gasteiger partial charge in [0.1, 0.15) is 5.82 Å². The van der Waals surface area contributed by atoms with E-state index in [0.29, 0.717) is 11.7 Å². The van der Waals surface area contributed by atoms with Crippen LogP contribution in [0.3, 0.4) is 0 Å². The zero-order valence-corrected chi connectivity index (χ0v) is 19.8. The summed E-state index contributed by atoms with van der Waals surface area (Å²) in [7, 11) is 0. The molecule has 0 aromatic carbocycles. The van der Waals surface area contributed by atoms with Crippen LogP contribution in [0.25, 0.3) is 5.82 Å². The van der Waals surface area contributed by atoms with E-state index in [1.165, 1.54) is 5.56 Å². The van der Waals surface area contributed by atoms with Crippen LogP contribution < -0.4 is 5.32 Å². The van der Waals surface area contributed by atoms with Gasteiger partial charge in [-0.3, -0.25) is 9.97 Å². The van der Waals surface area contributed by atoms with E-state index in [1.807, 2.05) is 48.9 Å². The van der Waals surface area contributed by atoms with Crippen molar-refractivity contribution in [2.24, 2.45) is 0 Å². The van der Waals surface area contributed by atoms with Crippen molar-refractivity contribution in [2.75, 3.05) is 0 Å². The minimum absolute atomic E-state index is 0.0280. The number of pyridine rings is 3. The zero-order valence-electron chi connectivity index (χ0n) is 18.9. The van der Waals surface area contributed by atoms with Gasteiger partial charge in [-0.25, -0.2) is 4.98 Å². The van der Waals surface area contributed by atoms with Gasteiger partial charge in [-0.15, -0.1) is 0 Å². The van der Waals surface area contributed by atoms with Gasteiger partial charge in [0.05, 0.1) is 30.0 Å². The maximum absolute atomic E-state index is 5.82. The summed E-state index contributed by atoms with van der Waals surface area (Å²) in [6.45, 7) is 6.94. The first-order valence-electron chi connectivity index (χ1n) is 11.0. The molecule has 2 atom stereocenters. The topological polar surface area (TPSA) is 58.9 Å². The third kappa shape index (κ3) is 4.00. The molecule has 1 fully saturated rings. The fourth-order valence-electron chi connectivity index (χ4n) is 4.61. The van der Waals surface area contributed by atoms with Crippen molar-refractivity contribution < 1.29 is 0 Å². The summed E-state index contributed by atoms with van der Waals surface area (Å²) in [5.41, 5.74) is 6.56. The molecule has 4 aromatic heterocycles. The van der Waals surface area contributed by atoms with E-state index in [4.69, 9.17) is 12.2 Å². The molecule has 0 spiro atoms.